The van der Waals surface area contributed by atoms with Gasteiger partial charge in [-0.2, -0.15) is 0 Å². The molecule has 0 atom stereocenters. The topological polar surface area (TPSA) is 79.4 Å². The molecule has 4 aromatic rings. The van der Waals surface area contributed by atoms with Gasteiger partial charge in [-0.15, -0.1) is 0 Å². The number of hydrogen-bond donors (Lipinski definition) is 2. The van der Waals surface area contributed by atoms with Crippen LogP contribution in [0.2, 0.25) is 0 Å². The fourth-order valence-corrected chi connectivity index (χ4v) is 6.29. The second-order valence-electron chi connectivity index (χ2n) is 9.88. The number of nitrogens with zero attached hydrogens (tertiary/aromatic N) is 2. The van der Waals surface area contributed by atoms with Crippen LogP contribution in [0.25, 0.3) is 10.9 Å². The molecule has 7 nitrogen and oxygen atoms in total. The molecule has 2 aromatic carbocycles. The van der Waals surface area contributed by atoms with Crippen LogP contribution in [-0.4, -0.2) is 40.0 Å². The number of carbonyl (C=O) groups excluding carboxylic acids is 1. The lowest BCUT2D eigenvalue weighted by atomic mass is 9.98. The standard InChI is InChI=1S/C30H34N4O3S.C2H6/c1-20-17-27(37-3)25(29(35)32-20)18-31-30(36)28-21(2)34(26-12-8-7-11-24(26)28)19-22-13-15-33(16-14-22)38-23-9-5-4-6-10-23;1-2/h4-12,17,22H,13-16,18-19H2,1-3H3,(H,31,36)(H,32,35);1-2H3. The van der Waals surface area contributed by atoms with Gasteiger partial charge in [0.25, 0.3) is 11.5 Å². The summed E-state index contributed by atoms with van der Waals surface area (Å²) >= 11 is 1.83. The first kappa shape index (κ1) is 29.5. The maximum atomic E-state index is 13.5. The molecule has 1 amide bonds. The molecule has 1 saturated heterocycles. The van der Waals surface area contributed by atoms with E-state index in [1.54, 1.807) is 13.0 Å². The number of rotatable bonds is 8. The van der Waals surface area contributed by atoms with E-state index in [4.69, 9.17) is 4.74 Å². The third-order valence-corrected chi connectivity index (χ3v) is 8.43. The molecule has 40 heavy (non-hydrogen) atoms. The third-order valence-electron chi connectivity index (χ3n) is 7.33. The van der Waals surface area contributed by atoms with Crippen molar-refractivity contribution in [1.82, 2.24) is 19.2 Å². The predicted molar refractivity (Wildman–Crippen MR) is 164 cm³/mol. The van der Waals surface area contributed by atoms with E-state index < -0.39 is 0 Å². The Morgan fingerprint density at radius 1 is 1.05 bits per heavy atom. The van der Waals surface area contributed by atoms with Crippen LogP contribution in [0, 0.1) is 19.8 Å². The molecule has 0 spiro atoms. The first-order valence-corrected chi connectivity index (χ1v) is 14.8. The number of nitrogens with one attached hydrogen (secondary N) is 2. The van der Waals surface area contributed by atoms with Gasteiger partial charge in [0.2, 0.25) is 0 Å². The summed E-state index contributed by atoms with van der Waals surface area (Å²) in [5.74, 6) is 0.833. The van der Waals surface area contributed by atoms with Crippen LogP contribution in [-0.2, 0) is 13.1 Å². The number of hydrogen-bond acceptors (Lipinski definition) is 5. The minimum Gasteiger partial charge on any atom is -0.496 e. The Morgan fingerprint density at radius 3 is 2.42 bits per heavy atom. The van der Waals surface area contributed by atoms with Crippen molar-refractivity contribution in [3.63, 3.8) is 0 Å². The SMILES string of the molecule is CC.COc1cc(C)[nH]c(=O)c1CNC(=O)c1c(C)n(CC2CCN(Sc3ccccc3)CC2)c2ccccc12. The number of amides is 1. The minimum atomic E-state index is -0.252. The van der Waals surface area contributed by atoms with E-state index in [2.05, 4.69) is 49.5 Å². The lowest BCUT2D eigenvalue weighted by Gasteiger charge is -2.31. The molecule has 1 aliphatic rings. The smallest absolute Gasteiger partial charge is 0.256 e. The molecule has 3 heterocycles. The van der Waals surface area contributed by atoms with Crippen molar-refractivity contribution < 1.29 is 9.53 Å². The summed E-state index contributed by atoms with van der Waals surface area (Å²) in [4.78, 5) is 30.0. The van der Waals surface area contributed by atoms with Gasteiger partial charge in [0, 0.05) is 46.8 Å². The summed E-state index contributed by atoms with van der Waals surface area (Å²) in [5, 5.41) is 3.90. The highest BCUT2D eigenvalue weighted by Gasteiger charge is 2.25. The molecular weight excluding hydrogens is 520 g/mol. The molecule has 8 heteroatoms. The van der Waals surface area contributed by atoms with Gasteiger partial charge < -0.3 is 19.6 Å². The van der Waals surface area contributed by atoms with Crippen LogP contribution in [0.5, 0.6) is 5.75 Å². The lowest BCUT2D eigenvalue weighted by Crippen LogP contribution is -2.30. The predicted octanol–water partition coefficient (Wildman–Crippen LogP) is 6.33. The normalized spacial score (nSPS) is 14.0. The Hall–Kier alpha value is -3.49. The summed E-state index contributed by atoms with van der Waals surface area (Å²) in [6, 6.07) is 20.4. The maximum Gasteiger partial charge on any atom is 0.256 e. The van der Waals surface area contributed by atoms with Crippen molar-refractivity contribution in [2.75, 3.05) is 20.2 Å². The van der Waals surface area contributed by atoms with Crippen LogP contribution >= 0.6 is 11.9 Å². The summed E-state index contributed by atoms with van der Waals surface area (Å²) in [5.41, 5.74) is 3.56. The largest absolute Gasteiger partial charge is 0.496 e. The molecule has 0 saturated carbocycles. The minimum absolute atomic E-state index is 0.0914. The van der Waals surface area contributed by atoms with Crippen LogP contribution in [0.3, 0.4) is 0 Å². The Balaban J connectivity index is 0.00000181. The molecule has 5 rings (SSSR count). The van der Waals surface area contributed by atoms with Gasteiger partial charge in [0.1, 0.15) is 5.75 Å². The second-order valence-corrected chi connectivity index (χ2v) is 11.0. The van der Waals surface area contributed by atoms with E-state index in [0.29, 0.717) is 28.5 Å². The monoisotopic (exact) mass is 560 g/mol. The summed E-state index contributed by atoms with van der Waals surface area (Å²) in [6.07, 6.45) is 2.23. The number of piperidine rings is 1. The molecule has 1 aliphatic heterocycles. The van der Waals surface area contributed by atoms with Gasteiger partial charge in [-0.3, -0.25) is 9.59 Å². The second kappa shape index (κ2) is 13.7. The summed E-state index contributed by atoms with van der Waals surface area (Å²) in [6.45, 7) is 10.9. The average Bonchev–Trinajstić information content (AvgIpc) is 3.25. The number of methoxy groups -OCH3 is 1. The third kappa shape index (κ3) is 6.62. The molecule has 2 N–H and O–H groups in total. The molecule has 0 bridgehead atoms. The van der Waals surface area contributed by atoms with Crippen molar-refractivity contribution in [1.29, 1.82) is 0 Å². The lowest BCUT2D eigenvalue weighted by molar-refractivity contribution is 0.0951. The Bertz CT molecular complexity index is 1490. The van der Waals surface area contributed by atoms with E-state index in [0.717, 1.165) is 49.1 Å². The van der Waals surface area contributed by atoms with Gasteiger partial charge in [-0.25, -0.2) is 4.31 Å². The highest BCUT2D eigenvalue weighted by molar-refractivity contribution is 7.97. The van der Waals surface area contributed by atoms with Gasteiger partial charge >= 0.3 is 0 Å². The fraction of sp³-hybridized carbons (Fsp3) is 0.375. The number of H-pyrrole nitrogens is 1. The first-order valence-electron chi connectivity index (χ1n) is 14.1. The van der Waals surface area contributed by atoms with Gasteiger partial charge in [-0.1, -0.05) is 50.2 Å². The van der Waals surface area contributed by atoms with Crippen molar-refractivity contribution in [2.45, 2.75) is 58.5 Å². The van der Waals surface area contributed by atoms with Crippen LogP contribution < -0.4 is 15.6 Å². The summed E-state index contributed by atoms with van der Waals surface area (Å²) in [7, 11) is 1.53. The van der Waals surface area contributed by atoms with Gasteiger partial charge in [0.15, 0.2) is 0 Å². The molecule has 0 aliphatic carbocycles. The van der Waals surface area contributed by atoms with Crippen LogP contribution in [0.1, 0.15) is 54.0 Å². The number of aromatic amines is 1. The number of aryl methyl sites for hydroxylation is 1. The van der Waals surface area contributed by atoms with Crippen molar-refractivity contribution in [3.8, 4) is 5.75 Å². The number of carbonyl (C=O) groups is 1. The maximum absolute atomic E-state index is 13.5. The quantitative estimate of drug-likeness (QED) is 0.246. The number of benzene rings is 2. The first-order chi connectivity index (χ1) is 19.4. The highest BCUT2D eigenvalue weighted by Crippen LogP contribution is 2.32. The fourth-order valence-electron chi connectivity index (χ4n) is 5.32. The molecular formula is C32H40N4O3S. The van der Waals surface area contributed by atoms with E-state index in [9.17, 15) is 9.59 Å². The van der Waals surface area contributed by atoms with Crippen molar-refractivity contribution in [3.05, 3.63) is 93.5 Å². The molecule has 1 fully saturated rings. The van der Waals surface area contributed by atoms with Crippen LogP contribution in [0.15, 0.2) is 70.4 Å². The van der Waals surface area contributed by atoms with Gasteiger partial charge in [0.05, 0.1) is 24.8 Å². The zero-order chi connectivity index (χ0) is 28.6. The van der Waals surface area contributed by atoms with E-state index in [1.165, 1.54) is 12.0 Å². The number of para-hydroxylation sites is 1. The van der Waals surface area contributed by atoms with Crippen LogP contribution in [0.4, 0.5) is 0 Å². The number of aromatic nitrogens is 2. The Kier molecular flexibility index (Phi) is 10.1. The Morgan fingerprint density at radius 2 is 1.73 bits per heavy atom. The molecule has 2 aromatic heterocycles. The number of pyridine rings is 1. The molecule has 0 radical (unpaired) electrons. The average molecular weight is 561 g/mol. The zero-order valence-corrected chi connectivity index (χ0v) is 24.9. The van der Waals surface area contributed by atoms with E-state index in [-0.39, 0.29) is 18.0 Å². The van der Waals surface area contributed by atoms with Gasteiger partial charge in [-0.05, 0) is 68.8 Å². The van der Waals surface area contributed by atoms with E-state index in [1.807, 2.05) is 57.0 Å². The summed E-state index contributed by atoms with van der Waals surface area (Å²) < 4.78 is 10.1. The van der Waals surface area contributed by atoms with E-state index >= 15 is 0 Å². The Labute approximate surface area is 241 Å². The molecule has 0 unspecified atom stereocenters. The number of fused-ring (bicyclic) bond motifs is 1. The number of ether oxygens (including phenoxy) is 1. The highest BCUT2D eigenvalue weighted by atomic mass is 32.2. The van der Waals surface area contributed by atoms with Crippen molar-refractivity contribution >= 4 is 28.8 Å². The molecule has 212 valence electrons. The van der Waals surface area contributed by atoms with Crippen molar-refractivity contribution in [2.24, 2.45) is 5.92 Å². The zero-order valence-electron chi connectivity index (χ0n) is 24.1.